The zero-order valence-electron chi connectivity index (χ0n) is 10.9. The molecule has 0 saturated carbocycles. The Kier molecular flexibility index (Phi) is 4.76. The van der Waals surface area contributed by atoms with Gasteiger partial charge in [-0.2, -0.15) is 5.26 Å². The van der Waals surface area contributed by atoms with Gasteiger partial charge in [0.05, 0.1) is 0 Å². The van der Waals surface area contributed by atoms with Crippen LogP contribution in [0.3, 0.4) is 0 Å². The van der Waals surface area contributed by atoms with Gasteiger partial charge in [-0.05, 0) is 12.1 Å². The van der Waals surface area contributed by atoms with Crippen LogP contribution in [0.4, 0.5) is 4.79 Å². The largest absolute Gasteiger partial charge is 0.340 e. The molecule has 0 fully saturated rings. The van der Waals surface area contributed by atoms with Crippen molar-refractivity contribution >= 4 is 34.6 Å². The van der Waals surface area contributed by atoms with Crippen LogP contribution in [0.1, 0.15) is 10.6 Å². The Bertz CT molecular complexity index is 706. The second-order valence-electron chi connectivity index (χ2n) is 3.71. The molecule has 0 atom stereocenters. The van der Waals surface area contributed by atoms with Crippen molar-refractivity contribution in [1.82, 2.24) is 26.1 Å². The lowest BCUT2D eigenvalue weighted by molar-refractivity contribution is 0.241. The first-order chi connectivity index (χ1) is 10.2. The minimum absolute atomic E-state index is 0.204. The zero-order chi connectivity index (χ0) is 15.2. The van der Waals surface area contributed by atoms with Crippen LogP contribution in [0.15, 0.2) is 24.5 Å². The molecular formula is C12H10N6OS2. The average molecular weight is 318 g/mol. The molecule has 0 saturated heterocycles. The van der Waals surface area contributed by atoms with E-state index in [1.807, 2.05) is 12.1 Å². The van der Waals surface area contributed by atoms with E-state index < -0.39 is 6.03 Å². The average Bonchev–Trinajstić information content (AvgIpc) is 2.97. The maximum atomic E-state index is 11.1. The molecular weight excluding hydrogens is 308 g/mol. The highest BCUT2D eigenvalue weighted by Gasteiger charge is 2.16. The Balaban J connectivity index is 2.24. The molecule has 21 heavy (non-hydrogen) atoms. The number of nitriles is 1. The highest BCUT2D eigenvalue weighted by molar-refractivity contribution is 7.81. The predicted octanol–water partition coefficient (Wildman–Crippen LogP) is 1.19. The number of urea groups is 1. The summed E-state index contributed by atoms with van der Waals surface area (Å²) in [6.45, 7) is 0. The van der Waals surface area contributed by atoms with E-state index in [0.717, 1.165) is 5.56 Å². The van der Waals surface area contributed by atoms with Gasteiger partial charge in [0.15, 0.2) is 5.69 Å². The van der Waals surface area contributed by atoms with Gasteiger partial charge in [-0.25, -0.2) is 9.78 Å². The van der Waals surface area contributed by atoms with Crippen molar-refractivity contribution in [2.75, 3.05) is 7.05 Å². The highest BCUT2D eigenvalue weighted by Crippen LogP contribution is 2.27. The molecule has 2 rings (SSSR count). The minimum atomic E-state index is -0.437. The Morgan fingerprint density at radius 3 is 2.90 bits per heavy atom. The summed E-state index contributed by atoms with van der Waals surface area (Å²) in [4.78, 5) is 20.1. The summed E-state index contributed by atoms with van der Waals surface area (Å²) >= 11 is 6.41. The molecule has 0 aromatic carbocycles. The molecule has 0 unspecified atom stereocenters. The van der Waals surface area contributed by atoms with Gasteiger partial charge in [0.1, 0.15) is 20.9 Å². The van der Waals surface area contributed by atoms with Crippen molar-refractivity contribution in [2.45, 2.75) is 0 Å². The lowest BCUT2D eigenvalue weighted by atomic mass is 10.3. The SMILES string of the molecule is CNC(=O)NNC(=S)c1sc(-c2cccnc2)nc1C#N. The Morgan fingerprint density at radius 1 is 1.48 bits per heavy atom. The van der Waals surface area contributed by atoms with E-state index in [-0.39, 0.29) is 10.7 Å². The third-order valence-corrected chi connectivity index (χ3v) is 3.92. The van der Waals surface area contributed by atoms with Crippen molar-refractivity contribution in [2.24, 2.45) is 0 Å². The summed E-state index contributed by atoms with van der Waals surface area (Å²) in [5, 5.41) is 12.2. The molecule has 2 heterocycles. The van der Waals surface area contributed by atoms with E-state index >= 15 is 0 Å². The number of aromatic nitrogens is 2. The summed E-state index contributed by atoms with van der Waals surface area (Å²) in [6, 6.07) is 5.18. The van der Waals surface area contributed by atoms with Crippen molar-refractivity contribution in [3.8, 4) is 16.6 Å². The number of nitrogens with one attached hydrogen (secondary N) is 3. The number of hydrogen-bond acceptors (Lipinski definition) is 6. The van der Waals surface area contributed by atoms with Crippen LogP contribution in [-0.2, 0) is 0 Å². The van der Waals surface area contributed by atoms with Crippen LogP contribution in [0.25, 0.3) is 10.6 Å². The van der Waals surface area contributed by atoms with Gasteiger partial charge in [0.25, 0.3) is 0 Å². The molecule has 0 aliphatic carbocycles. The topological polar surface area (TPSA) is 103 Å². The van der Waals surface area contributed by atoms with Crippen LogP contribution in [0.2, 0.25) is 0 Å². The molecule has 106 valence electrons. The molecule has 2 aromatic heterocycles. The third-order valence-electron chi connectivity index (χ3n) is 2.36. The first kappa shape index (κ1) is 14.8. The van der Waals surface area contributed by atoms with Crippen molar-refractivity contribution in [3.63, 3.8) is 0 Å². The van der Waals surface area contributed by atoms with Crippen LogP contribution in [-0.4, -0.2) is 28.0 Å². The molecule has 9 heteroatoms. The molecule has 7 nitrogen and oxygen atoms in total. The van der Waals surface area contributed by atoms with Crippen molar-refractivity contribution < 1.29 is 4.79 Å². The molecule has 0 bridgehead atoms. The second-order valence-corrected chi connectivity index (χ2v) is 5.12. The number of hydrogen-bond donors (Lipinski definition) is 3. The van der Waals surface area contributed by atoms with E-state index in [2.05, 4.69) is 26.1 Å². The van der Waals surface area contributed by atoms with Crippen molar-refractivity contribution in [3.05, 3.63) is 35.1 Å². The van der Waals surface area contributed by atoms with Gasteiger partial charge in [-0.15, -0.1) is 11.3 Å². The van der Waals surface area contributed by atoms with Gasteiger partial charge < -0.3 is 5.32 Å². The number of thiocarbonyl (C=S) groups is 1. The Labute approximate surface area is 130 Å². The maximum Gasteiger partial charge on any atom is 0.333 e. The number of carbonyl (C=O) groups excluding carboxylic acids is 1. The normalized spacial score (nSPS) is 9.52. The monoisotopic (exact) mass is 318 g/mol. The summed E-state index contributed by atoms with van der Waals surface area (Å²) in [5.74, 6) is 0. The van der Waals surface area contributed by atoms with Gasteiger partial charge >= 0.3 is 6.03 Å². The van der Waals surface area contributed by atoms with Crippen LogP contribution in [0.5, 0.6) is 0 Å². The summed E-state index contributed by atoms with van der Waals surface area (Å²) in [7, 11) is 1.48. The van der Waals surface area contributed by atoms with Crippen LogP contribution >= 0.6 is 23.6 Å². The number of pyridine rings is 1. The van der Waals surface area contributed by atoms with E-state index in [0.29, 0.717) is 9.88 Å². The highest BCUT2D eigenvalue weighted by atomic mass is 32.1. The van der Waals surface area contributed by atoms with Gasteiger partial charge in [-0.1, -0.05) is 12.2 Å². The van der Waals surface area contributed by atoms with Gasteiger partial charge in [-0.3, -0.25) is 15.8 Å². The minimum Gasteiger partial charge on any atom is -0.340 e. The number of nitrogens with zero attached hydrogens (tertiary/aromatic N) is 3. The second kappa shape index (κ2) is 6.74. The Hall–Kier alpha value is -2.57. The van der Waals surface area contributed by atoms with E-state index in [1.54, 1.807) is 18.5 Å². The lowest BCUT2D eigenvalue weighted by Gasteiger charge is -2.07. The maximum absolute atomic E-state index is 11.1. The van der Waals surface area contributed by atoms with Crippen LogP contribution in [0, 0.1) is 11.3 Å². The Morgan fingerprint density at radius 2 is 2.29 bits per heavy atom. The number of thiazole rings is 1. The quantitative estimate of drug-likeness (QED) is 0.568. The first-order valence-electron chi connectivity index (χ1n) is 5.75. The zero-order valence-corrected chi connectivity index (χ0v) is 12.5. The van der Waals surface area contributed by atoms with Gasteiger partial charge in [0, 0.05) is 25.0 Å². The number of rotatable bonds is 2. The summed E-state index contributed by atoms with van der Waals surface area (Å²) in [6.07, 6.45) is 3.31. The molecule has 0 radical (unpaired) electrons. The van der Waals surface area contributed by atoms with Crippen LogP contribution < -0.4 is 16.2 Å². The fourth-order valence-electron chi connectivity index (χ4n) is 1.40. The molecule has 3 N–H and O–H groups in total. The lowest BCUT2D eigenvalue weighted by Crippen LogP contribution is -2.45. The summed E-state index contributed by atoms with van der Waals surface area (Å²) < 4.78 is 0. The molecule has 0 aliphatic rings. The number of amides is 2. The molecule has 2 amide bonds. The fraction of sp³-hybridized carbons (Fsp3) is 0.0833. The fourth-order valence-corrected chi connectivity index (χ4v) is 2.57. The van der Waals surface area contributed by atoms with E-state index in [9.17, 15) is 4.79 Å². The standard InChI is InChI=1S/C12H10N6OS2/c1-14-12(19)18-17-10(20)9-8(5-13)16-11(21-9)7-3-2-4-15-6-7/h2-4,6H,1H3,(H,17,20)(H2,14,18,19). The first-order valence-corrected chi connectivity index (χ1v) is 6.97. The predicted molar refractivity (Wildman–Crippen MR) is 82.5 cm³/mol. The molecule has 0 aliphatic heterocycles. The number of carbonyl (C=O) groups is 1. The smallest absolute Gasteiger partial charge is 0.333 e. The van der Waals surface area contributed by atoms with Crippen molar-refractivity contribution in [1.29, 1.82) is 5.26 Å². The third kappa shape index (κ3) is 3.50. The number of hydrazine groups is 1. The van der Waals surface area contributed by atoms with E-state index in [1.165, 1.54) is 18.4 Å². The molecule has 2 aromatic rings. The van der Waals surface area contributed by atoms with E-state index in [4.69, 9.17) is 17.5 Å². The molecule has 0 spiro atoms. The summed E-state index contributed by atoms with van der Waals surface area (Å²) in [5.41, 5.74) is 5.91. The van der Waals surface area contributed by atoms with Gasteiger partial charge in [0.2, 0.25) is 0 Å².